The number of hydrogen-bond acceptors (Lipinski definition) is 1. The van der Waals surface area contributed by atoms with Gasteiger partial charge in [0.2, 0.25) is 0 Å². The van der Waals surface area contributed by atoms with Crippen LogP contribution in [0.2, 0.25) is 0 Å². The molecule has 2 nitrogen and oxygen atoms in total. The molecule has 94 valence electrons. The van der Waals surface area contributed by atoms with Gasteiger partial charge in [0.1, 0.15) is 6.54 Å². The Bertz CT molecular complexity index is 129. The smallest absolute Gasteiger partial charge is 0.102 e. The number of halogens is 1. The van der Waals surface area contributed by atoms with E-state index in [2.05, 4.69) is 21.0 Å². The molecule has 0 aromatic heterocycles. The lowest BCUT2D eigenvalue weighted by Crippen LogP contribution is -3.00. The van der Waals surface area contributed by atoms with Gasteiger partial charge in [-0.15, -0.1) is 0 Å². The first kappa shape index (κ1) is 18.0. The molecular weight excluding hydrogens is 301 g/mol. The van der Waals surface area contributed by atoms with Gasteiger partial charge in [-0.1, -0.05) is 32.6 Å². The second-order valence-electron chi connectivity index (χ2n) is 4.87. The molecule has 0 rings (SSSR count). The Balaban J connectivity index is 0. The minimum absolute atomic E-state index is 0. The molecule has 0 radical (unpaired) electrons. The summed E-state index contributed by atoms with van der Waals surface area (Å²) in [6.07, 6.45) is 8.14. The van der Waals surface area contributed by atoms with E-state index in [1.165, 1.54) is 45.1 Å². The van der Waals surface area contributed by atoms with Gasteiger partial charge in [-0.25, -0.2) is 0 Å². The molecule has 0 saturated carbocycles. The molecule has 1 N–H and O–H groups in total. The second-order valence-corrected chi connectivity index (χ2v) is 4.87. The van der Waals surface area contributed by atoms with Crippen LogP contribution in [0, 0.1) is 0 Å². The van der Waals surface area contributed by atoms with Gasteiger partial charge < -0.3 is 33.6 Å². The maximum absolute atomic E-state index is 8.86. The third-order valence-electron chi connectivity index (χ3n) is 2.82. The van der Waals surface area contributed by atoms with Crippen molar-refractivity contribution in [1.82, 2.24) is 0 Å². The highest BCUT2D eigenvalue weighted by Crippen LogP contribution is 2.07. The van der Waals surface area contributed by atoms with Crippen LogP contribution in [-0.2, 0) is 0 Å². The van der Waals surface area contributed by atoms with Gasteiger partial charge in [0.25, 0.3) is 0 Å². The standard InChI is InChI=1S/C12H28NO.HI/c1-4-5-6-7-8-9-10-13(2,3)11-12-14;/h14H,4-12H2,1-3H3;1H/q+1;/p-1. The van der Waals surface area contributed by atoms with E-state index in [4.69, 9.17) is 5.11 Å². The predicted molar refractivity (Wildman–Crippen MR) is 62.3 cm³/mol. The van der Waals surface area contributed by atoms with Gasteiger partial charge in [-0.2, -0.15) is 0 Å². The molecule has 0 fully saturated rings. The molecule has 0 amide bonds. The maximum atomic E-state index is 8.86. The van der Waals surface area contributed by atoms with Crippen LogP contribution < -0.4 is 24.0 Å². The Morgan fingerprint density at radius 1 is 0.867 bits per heavy atom. The largest absolute Gasteiger partial charge is 1.00 e. The molecule has 0 heterocycles. The molecular formula is C12H28INO. The summed E-state index contributed by atoms with van der Waals surface area (Å²) in [5.41, 5.74) is 0. The Labute approximate surface area is 113 Å². The van der Waals surface area contributed by atoms with Crippen molar-refractivity contribution >= 4 is 0 Å². The summed E-state index contributed by atoms with van der Waals surface area (Å²) < 4.78 is 0.963. The van der Waals surface area contributed by atoms with E-state index in [0.29, 0.717) is 6.61 Å². The zero-order valence-electron chi connectivity index (χ0n) is 10.6. The van der Waals surface area contributed by atoms with Crippen LogP contribution in [0.15, 0.2) is 0 Å². The number of quaternary nitrogens is 1. The molecule has 0 aliphatic heterocycles. The molecule has 0 aliphatic rings. The minimum atomic E-state index is 0. The Hall–Kier alpha value is 0.650. The number of aliphatic hydroxyl groups is 1. The van der Waals surface area contributed by atoms with Crippen molar-refractivity contribution in [1.29, 1.82) is 0 Å². The molecule has 0 aliphatic carbocycles. The number of nitrogens with zero attached hydrogens (tertiary/aromatic N) is 1. The fourth-order valence-corrected chi connectivity index (χ4v) is 1.70. The molecule has 0 aromatic carbocycles. The number of unbranched alkanes of at least 4 members (excludes halogenated alkanes) is 5. The Morgan fingerprint density at radius 2 is 1.40 bits per heavy atom. The molecule has 15 heavy (non-hydrogen) atoms. The lowest BCUT2D eigenvalue weighted by Gasteiger charge is -2.28. The van der Waals surface area contributed by atoms with Crippen LogP contribution in [0.5, 0.6) is 0 Å². The monoisotopic (exact) mass is 329 g/mol. The molecule has 0 bridgehead atoms. The van der Waals surface area contributed by atoms with E-state index in [0.717, 1.165) is 11.0 Å². The molecule has 0 spiro atoms. The first-order valence-corrected chi connectivity index (χ1v) is 6.05. The summed E-state index contributed by atoms with van der Waals surface area (Å²) in [4.78, 5) is 0. The Morgan fingerprint density at radius 3 is 1.93 bits per heavy atom. The average Bonchev–Trinajstić information content (AvgIpc) is 2.11. The van der Waals surface area contributed by atoms with Crippen LogP contribution in [0.4, 0.5) is 0 Å². The molecule has 0 atom stereocenters. The van der Waals surface area contributed by atoms with Crippen molar-refractivity contribution in [3.05, 3.63) is 0 Å². The van der Waals surface area contributed by atoms with Gasteiger partial charge >= 0.3 is 0 Å². The normalized spacial score (nSPS) is 11.2. The molecule has 3 heteroatoms. The number of rotatable bonds is 9. The van der Waals surface area contributed by atoms with Crippen LogP contribution in [0.3, 0.4) is 0 Å². The minimum Gasteiger partial charge on any atom is -1.00 e. The van der Waals surface area contributed by atoms with Crippen molar-refractivity contribution < 1.29 is 33.6 Å². The van der Waals surface area contributed by atoms with Crippen molar-refractivity contribution in [3.8, 4) is 0 Å². The second kappa shape index (κ2) is 11.1. The van der Waals surface area contributed by atoms with Crippen LogP contribution in [-0.4, -0.2) is 43.4 Å². The summed E-state index contributed by atoms with van der Waals surface area (Å²) in [6.45, 7) is 4.64. The van der Waals surface area contributed by atoms with Gasteiger partial charge in [-0.05, 0) is 12.8 Å². The van der Waals surface area contributed by atoms with Gasteiger partial charge in [-0.3, -0.25) is 0 Å². The van der Waals surface area contributed by atoms with Crippen molar-refractivity contribution in [2.45, 2.75) is 45.4 Å². The summed E-state index contributed by atoms with van der Waals surface area (Å²) in [5, 5.41) is 8.86. The quantitative estimate of drug-likeness (QED) is 0.341. The van der Waals surface area contributed by atoms with Crippen molar-refractivity contribution in [2.24, 2.45) is 0 Å². The van der Waals surface area contributed by atoms with E-state index in [1.807, 2.05) is 0 Å². The molecule has 0 saturated heterocycles. The summed E-state index contributed by atoms with van der Waals surface area (Å²) in [7, 11) is 4.39. The number of hydrogen-bond donors (Lipinski definition) is 1. The number of likely N-dealkylation sites (N-methyl/N-ethyl adjacent to an activating group) is 1. The van der Waals surface area contributed by atoms with E-state index in [1.54, 1.807) is 0 Å². The molecule has 0 aromatic rings. The van der Waals surface area contributed by atoms with Crippen LogP contribution in [0.25, 0.3) is 0 Å². The first-order chi connectivity index (χ1) is 6.62. The highest BCUT2D eigenvalue weighted by Gasteiger charge is 2.12. The first-order valence-electron chi connectivity index (χ1n) is 6.05. The van der Waals surface area contributed by atoms with Crippen molar-refractivity contribution in [2.75, 3.05) is 33.8 Å². The van der Waals surface area contributed by atoms with Crippen LogP contribution >= 0.6 is 0 Å². The fourth-order valence-electron chi connectivity index (χ4n) is 1.70. The zero-order valence-corrected chi connectivity index (χ0v) is 12.8. The van der Waals surface area contributed by atoms with Gasteiger partial charge in [0.15, 0.2) is 0 Å². The fraction of sp³-hybridized carbons (Fsp3) is 1.00. The Kier molecular flexibility index (Phi) is 13.4. The SMILES string of the molecule is CCCCCCCC[N+](C)(C)CCO.[I-]. The van der Waals surface area contributed by atoms with E-state index >= 15 is 0 Å². The van der Waals surface area contributed by atoms with Gasteiger partial charge in [0.05, 0.1) is 27.2 Å². The third kappa shape index (κ3) is 12.6. The van der Waals surface area contributed by atoms with E-state index in [-0.39, 0.29) is 24.0 Å². The maximum Gasteiger partial charge on any atom is 0.102 e. The summed E-state index contributed by atoms with van der Waals surface area (Å²) in [5.74, 6) is 0. The van der Waals surface area contributed by atoms with Crippen molar-refractivity contribution in [3.63, 3.8) is 0 Å². The van der Waals surface area contributed by atoms with E-state index in [9.17, 15) is 0 Å². The highest BCUT2D eigenvalue weighted by molar-refractivity contribution is 4.44. The highest BCUT2D eigenvalue weighted by atomic mass is 127. The zero-order chi connectivity index (χ0) is 10.9. The average molecular weight is 329 g/mol. The van der Waals surface area contributed by atoms with Crippen LogP contribution in [0.1, 0.15) is 45.4 Å². The summed E-state index contributed by atoms with van der Waals surface area (Å²) in [6, 6.07) is 0. The number of aliphatic hydroxyl groups excluding tert-OH is 1. The summed E-state index contributed by atoms with van der Waals surface area (Å²) >= 11 is 0. The lowest BCUT2D eigenvalue weighted by atomic mass is 10.1. The van der Waals surface area contributed by atoms with Gasteiger partial charge in [0, 0.05) is 0 Å². The predicted octanol–water partition coefficient (Wildman–Crippen LogP) is -0.580. The molecule has 0 unspecified atom stereocenters. The van der Waals surface area contributed by atoms with E-state index < -0.39 is 0 Å². The third-order valence-corrected chi connectivity index (χ3v) is 2.82. The topological polar surface area (TPSA) is 20.2 Å². The lowest BCUT2D eigenvalue weighted by molar-refractivity contribution is -0.890.